The fraction of sp³-hybridized carbons (Fsp3) is 1.00. The summed E-state index contributed by atoms with van der Waals surface area (Å²) in [6, 6.07) is 0. The fourth-order valence-electron chi connectivity index (χ4n) is 2.53. The minimum absolute atomic E-state index is 0.720. The Morgan fingerprint density at radius 1 is 0.652 bits per heavy atom. The Bertz CT molecular complexity index is 222. The zero-order valence-corrected chi connectivity index (χ0v) is 15.4. The first-order valence-electron chi connectivity index (χ1n) is 9.19. The molecule has 140 valence electrons. The Morgan fingerprint density at radius 3 is 1.57 bits per heavy atom. The lowest BCUT2D eigenvalue weighted by atomic mass is 10.3. The van der Waals surface area contributed by atoms with Gasteiger partial charge in [-0.05, 0) is 20.0 Å². The molecule has 23 heavy (non-hydrogen) atoms. The molecule has 0 aliphatic rings. The summed E-state index contributed by atoms with van der Waals surface area (Å²) in [7, 11) is 1.98. The number of likely N-dealkylation sites (N-methyl/N-ethyl adjacent to an activating group) is 1. The van der Waals surface area contributed by atoms with Gasteiger partial charge in [0.1, 0.15) is 0 Å². The Kier molecular flexibility index (Phi) is 17.8. The lowest BCUT2D eigenvalue weighted by Gasteiger charge is -2.23. The molecule has 0 saturated heterocycles. The van der Waals surface area contributed by atoms with Crippen LogP contribution in [0.2, 0.25) is 0 Å². The first-order chi connectivity index (χ1) is 11.3. The van der Waals surface area contributed by atoms with Gasteiger partial charge in [-0.25, -0.2) is 0 Å². The van der Waals surface area contributed by atoms with Gasteiger partial charge in [0, 0.05) is 78.5 Å². The van der Waals surface area contributed by atoms with E-state index in [4.69, 9.17) is 11.5 Å². The fourth-order valence-corrected chi connectivity index (χ4v) is 2.53. The molecule has 0 aliphatic heterocycles. The highest BCUT2D eigenvalue weighted by Gasteiger charge is 2.04. The third-order valence-electron chi connectivity index (χ3n) is 3.80. The van der Waals surface area contributed by atoms with Crippen LogP contribution < -0.4 is 27.4 Å². The van der Waals surface area contributed by atoms with Crippen LogP contribution in [0.1, 0.15) is 13.3 Å². The van der Waals surface area contributed by atoms with E-state index >= 15 is 0 Å². The summed E-state index contributed by atoms with van der Waals surface area (Å²) in [5, 5.41) is 10.1. The maximum Gasteiger partial charge on any atom is 0.0108 e. The van der Waals surface area contributed by atoms with Gasteiger partial charge in [-0.3, -0.25) is 4.90 Å². The van der Waals surface area contributed by atoms with Crippen LogP contribution >= 0.6 is 0 Å². The molecule has 7 N–H and O–H groups in total. The highest BCUT2D eigenvalue weighted by atomic mass is 15.2. The molecular weight excluding hydrogens is 290 g/mol. The molecular formula is C16H41N7. The van der Waals surface area contributed by atoms with Crippen molar-refractivity contribution in [2.24, 2.45) is 11.5 Å². The molecule has 0 fully saturated rings. The number of nitrogens with zero attached hydrogens (tertiary/aromatic N) is 2. The minimum atomic E-state index is 0.720. The van der Waals surface area contributed by atoms with Gasteiger partial charge < -0.3 is 32.3 Å². The van der Waals surface area contributed by atoms with Gasteiger partial charge in [0.15, 0.2) is 0 Å². The maximum atomic E-state index is 5.71. The van der Waals surface area contributed by atoms with Gasteiger partial charge in [-0.15, -0.1) is 0 Å². The van der Waals surface area contributed by atoms with Crippen molar-refractivity contribution >= 4 is 0 Å². The van der Waals surface area contributed by atoms with Crippen molar-refractivity contribution in [1.82, 2.24) is 25.8 Å². The molecule has 0 aromatic carbocycles. The van der Waals surface area contributed by atoms with Gasteiger partial charge >= 0.3 is 0 Å². The van der Waals surface area contributed by atoms with Crippen molar-refractivity contribution in [3.8, 4) is 0 Å². The van der Waals surface area contributed by atoms with E-state index in [0.717, 1.165) is 85.1 Å². The smallest absolute Gasteiger partial charge is 0.0108 e. The third kappa shape index (κ3) is 15.0. The molecule has 0 spiro atoms. The molecule has 7 heteroatoms. The second kappa shape index (κ2) is 18.1. The maximum absolute atomic E-state index is 5.71. The summed E-state index contributed by atoms with van der Waals surface area (Å²) in [4.78, 5) is 4.85. The molecule has 0 bridgehead atoms. The number of nitrogens with two attached hydrogens (primary N) is 2. The van der Waals surface area contributed by atoms with Crippen LogP contribution in [0.4, 0.5) is 0 Å². The van der Waals surface area contributed by atoms with Gasteiger partial charge in [0.2, 0.25) is 0 Å². The third-order valence-corrected chi connectivity index (χ3v) is 3.80. The number of nitrogens with one attached hydrogen (secondary N) is 3. The molecule has 0 aromatic heterocycles. The van der Waals surface area contributed by atoms with Gasteiger partial charge in [0.05, 0.1) is 0 Å². The van der Waals surface area contributed by atoms with Gasteiger partial charge in [-0.2, -0.15) is 0 Å². The summed E-state index contributed by atoms with van der Waals surface area (Å²) >= 11 is 0. The van der Waals surface area contributed by atoms with Crippen molar-refractivity contribution in [2.45, 2.75) is 13.3 Å². The van der Waals surface area contributed by atoms with Crippen LogP contribution in [-0.4, -0.2) is 102 Å². The highest BCUT2D eigenvalue weighted by molar-refractivity contribution is 4.64. The molecule has 7 nitrogen and oxygen atoms in total. The van der Waals surface area contributed by atoms with Gasteiger partial charge in [-0.1, -0.05) is 6.92 Å². The van der Waals surface area contributed by atoms with Crippen molar-refractivity contribution in [3.63, 3.8) is 0 Å². The van der Waals surface area contributed by atoms with E-state index in [-0.39, 0.29) is 0 Å². The lowest BCUT2D eigenvalue weighted by Crippen LogP contribution is -2.42. The molecule has 0 rings (SSSR count). The quantitative estimate of drug-likeness (QED) is 0.191. The van der Waals surface area contributed by atoms with E-state index in [1.165, 1.54) is 6.42 Å². The summed E-state index contributed by atoms with van der Waals surface area (Å²) in [6.07, 6.45) is 1.19. The van der Waals surface area contributed by atoms with Crippen molar-refractivity contribution in [2.75, 3.05) is 92.1 Å². The van der Waals surface area contributed by atoms with Crippen molar-refractivity contribution in [3.05, 3.63) is 0 Å². The van der Waals surface area contributed by atoms with E-state index in [1.807, 2.05) is 7.05 Å². The normalized spacial score (nSPS) is 11.7. The highest BCUT2D eigenvalue weighted by Crippen LogP contribution is 1.89. The van der Waals surface area contributed by atoms with E-state index in [2.05, 4.69) is 32.7 Å². The van der Waals surface area contributed by atoms with E-state index in [9.17, 15) is 0 Å². The zero-order valence-electron chi connectivity index (χ0n) is 15.4. The largest absolute Gasteiger partial charge is 0.329 e. The Balaban J connectivity index is 3.69. The van der Waals surface area contributed by atoms with Crippen LogP contribution in [0.25, 0.3) is 0 Å². The minimum Gasteiger partial charge on any atom is -0.329 e. The first kappa shape index (κ1) is 22.7. The monoisotopic (exact) mass is 331 g/mol. The number of rotatable bonds is 18. The summed E-state index contributed by atoms with van der Waals surface area (Å²) in [6.45, 7) is 15.0. The Morgan fingerprint density at radius 2 is 1.13 bits per heavy atom. The summed E-state index contributed by atoms with van der Waals surface area (Å²) in [5.41, 5.74) is 11.4. The van der Waals surface area contributed by atoms with Gasteiger partial charge in [0.25, 0.3) is 0 Å². The average Bonchev–Trinajstić information content (AvgIpc) is 2.54. The molecule has 0 amide bonds. The van der Waals surface area contributed by atoms with Crippen LogP contribution in [0.5, 0.6) is 0 Å². The SMILES string of the molecule is CCCN(CCN)CCNCCN(CCN)CCNCCNC. The molecule has 0 atom stereocenters. The van der Waals surface area contributed by atoms with Crippen LogP contribution in [-0.2, 0) is 0 Å². The second-order valence-electron chi connectivity index (χ2n) is 5.86. The summed E-state index contributed by atoms with van der Waals surface area (Å²) < 4.78 is 0. The lowest BCUT2D eigenvalue weighted by molar-refractivity contribution is 0.263. The topological polar surface area (TPSA) is 94.6 Å². The molecule has 0 heterocycles. The molecule has 0 radical (unpaired) electrons. The van der Waals surface area contributed by atoms with Crippen LogP contribution in [0, 0.1) is 0 Å². The van der Waals surface area contributed by atoms with E-state index in [0.29, 0.717) is 0 Å². The molecule has 0 unspecified atom stereocenters. The number of hydrogen-bond donors (Lipinski definition) is 5. The predicted molar refractivity (Wildman–Crippen MR) is 101 cm³/mol. The predicted octanol–water partition coefficient (Wildman–Crippen LogP) is -1.68. The number of hydrogen-bond acceptors (Lipinski definition) is 7. The first-order valence-corrected chi connectivity index (χ1v) is 9.19. The summed E-state index contributed by atoms with van der Waals surface area (Å²) in [5.74, 6) is 0. The zero-order chi connectivity index (χ0) is 17.2. The van der Waals surface area contributed by atoms with Crippen molar-refractivity contribution < 1.29 is 0 Å². The molecule has 0 aliphatic carbocycles. The van der Waals surface area contributed by atoms with E-state index in [1.54, 1.807) is 0 Å². The molecule has 0 saturated carbocycles. The molecule has 0 aromatic rings. The second-order valence-corrected chi connectivity index (χ2v) is 5.86. The van der Waals surface area contributed by atoms with Crippen molar-refractivity contribution in [1.29, 1.82) is 0 Å². The Hall–Kier alpha value is -0.280. The van der Waals surface area contributed by atoms with Crippen LogP contribution in [0.3, 0.4) is 0 Å². The standard InChI is InChI=1S/C16H41N7/c1-3-11-22(12-4-17)14-9-21-10-16-23(13-5-18)15-8-20-7-6-19-2/h19-21H,3-18H2,1-2H3. The van der Waals surface area contributed by atoms with Crippen LogP contribution in [0.15, 0.2) is 0 Å². The Labute approximate surface area is 143 Å². The average molecular weight is 332 g/mol. The van der Waals surface area contributed by atoms with E-state index < -0.39 is 0 Å².